The van der Waals surface area contributed by atoms with E-state index in [0.29, 0.717) is 5.92 Å². The van der Waals surface area contributed by atoms with Crippen molar-refractivity contribution in [2.75, 3.05) is 13.1 Å². The Kier molecular flexibility index (Phi) is 8.16. The highest BCUT2D eigenvalue weighted by atomic mass is 35.5. The van der Waals surface area contributed by atoms with Crippen LogP contribution >= 0.6 is 11.6 Å². The molecule has 0 aliphatic carbocycles. The van der Waals surface area contributed by atoms with Crippen molar-refractivity contribution in [3.63, 3.8) is 0 Å². The van der Waals surface area contributed by atoms with Gasteiger partial charge in [-0.25, -0.2) is 0 Å². The molecule has 1 N–H and O–H groups in total. The third-order valence-corrected chi connectivity index (χ3v) is 4.15. The molecule has 1 unspecified atom stereocenters. The van der Waals surface area contributed by atoms with Crippen LogP contribution in [0.2, 0.25) is 5.02 Å². The molecule has 108 valence electrons. The summed E-state index contributed by atoms with van der Waals surface area (Å²) in [6, 6.07) is 8.37. The summed E-state index contributed by atoms with van der Waals surface area (Å²) in [7, 11) is 0. The van der Waals surface area contributed by atoms with Gasteiger partial charge in [-0.05, 0) is 48.9 Å². The number of rotatable bonds is 9. The van der Waals surface area contributed by atoms with Gasteiger partial charge in [0.25, 0.3) is 0 Å². The molecule has 1 atom stereocenters. The van der Waals surface area contributed by atoms with Crippen LogP contribution in [0.15, 0.2) is 24.3 Å². The summed E-state index contributed by atoms with van der Waals surface area (Å²) in [4.78, 5) is 0. The first kappa shape index (κ1) is 16.5. The van der Waals surface area contributed by atoms with E-state index in [1.807, 2.05) is 6.07 Å². The maximum absolute atomic E-state index is 6.13. The Labute approximate surface area is 123 Å². The zero-order valence-corrected chi connectivity index (χ0v) is 13.3. The van der Waals surface area contributed by atoms with Crippen molar-refractivity contribution < 1.29 is 0 Å². The lowest BCUT2D eigenvalue weighted by molar-refractivity contribution is 0.398. The van der Waals surface area contributed by atoms with E-state index >= 15 is 0 Å². The quantitative estimate of drug-likeness (QED) is 0.610. The van der Waals surface area contributed by atoms with Gasteiger partial charge in [0.2, 0.25) is 0 Å². The molecule has 0 aliphatic rings. The van der Waals surface area contributed by atoms with Gasteiger partial charge in [0.05, 0.1) is 0 Å². The summed E-state index contributed by atoms with van der Waals surface area (Å²) in [5, 5.41) is 4.41. The van der Waals surface area contributed by atoms with Crippen molar-refractivity contribution in [3.05, 3.63) is 34.9 Å². The summed E-state index contributed by atoms with van der Waals surface area (Å²) in [5.41, 5.74) is 1.38. The fourth-order valence-corrected chi connectivity index (χ4v) is 2.77. The van der Waals surface area contributed by atoms with E-state index in [1.54, 1.807) is 0 Å². The zero-order chi connectivity index (χ0) is 14.1. The average molecular weight is 282 g/mol. The third-order valence-electron chi connectivity index (χ3n) is 3.91. The van der Waals surface area contributed by atoms with E-state index in [4.69, 9.17) is 11.6 Å². The van der Waals surface area contributed by atoms with Crippen molar-refractivity contribution in [1.29, 1.82) is 0 Å². The van der Waals surface area contributed by atoms with Crippen LogP contribution in [0.3, 0.4) is 0 Å². The molecule has 1 aromatic carbocycles. The molecular formula is C17H28ClN. The number of hydrogen-bond donors (Lipinski definition) is 1. The second-order valence-electron chi connectivity index (χ2n) is 5.37. The molecule has 19 heavy (non-hydrogen) atoms. The van der Waals surface area contributed by atoms with E-state index in [9.17, 15) is 0 Å². The molecule has 1 rings (SSSR count). The Morgan fingerprint density at radius 3 is 2.47 bits per heavy atom. The van der Waals surface area contributed by atoms with Gasteiger partial charge in [0, 0.05) is 11.6 Å². The molecule has 0 saturated carbocycles. The molecule has 0 aliphatic heterocycles. The highest BCUT2D eigenvalue weighted by Crippen LogP contribution is 2.28. The van der Waals surface area contributed by atoms with Crippen LogP contribution in [-0.2, 0) is 0 Å². The van der Waals surface area contributed by atoms with Crippen molar-refractivity contribution in [2.24, 2.45) is 5.92 Å². The van der Waals surface area contributed by atoms with Gasteiger partial charge in [0.1, 0.15) is 0 Å². The number of halogens is 1. The molecule has 0 spiro atoms. The van der Waals surface area contributed by atoms with Crippen molar-refractivity contribution >= 4 is 11.6 Å². The summed E-state index contributed by atoms with van der Waals surface area (Å²) in [6.07, 6.45) is 4.97. The highest BCUT2D eigenvalue weighted by molar-refractivity contribution is 6.30. The normalized spacial score (nSPS) is 12.9. The van der Waals surface area contributed by atoms with E-state index < -0.39 is 0 Å². The molecule has 0 radical (unpaired) electrons. The minimum absolute atomic E-state index is 0.579. The Bertz CT molecular complexity index is 347. The summed E-state index contributed by atoms with van der Waals surface area (Å²) in [6.45, 7) is 8.96. The first-order valence-corrected chi connectivity index (χ1v) is 8.05. The number of nitrogens with one attached hydrogen (secondary N) is 1. The monoisotopic (exact) mass is 281 g/mol. The number of hydrogen-bond acceptors (Lipinski definition) is 1. The van der Waals surface area contributed by atoms with Gasteiger partial charge in [-0.3, -0.25) is 0 Å². The molecule has 0 heterocycles. The van der Waals surface area contributed by atoms with Crippen LogP contribution in [0.1, 0.15) is 57.9 Å². The van der Waals surface area contributed by atoms with Crippen LogP contribution in [0.25, 0.3) is 0 Å². The van der Waals surface area contributed by atoms with Crippen molar-refractivity contribution in [3.8, 4) is 0 Å². The van der Waals surface area contributed by atoms with Gasteiger partial charge >= 0.3 is 0 Å². The van der Waals surface area contributed by atoms with E-state index in [2.05, 4.69) is 44.3 Å². The molecule has 1 nitrogen and oxygen atoms in total. The van der Waals surface area contributed by atoms with Crippen LogP contribution in [0.5, 0.6) is 0 Å². The molecule has 0 aromatic heterocycles. The molecule has 0 amide bonds. The number of benzene rings is 1. The second kappa shape index (κ2) is 9.39. The van der Waals surface area contributed by atoms with Gasteiger partial charge in [0.15, 0.2) is 0 Å². The molecule has 0 fully saturated rings. The summed E-state index contributed by atoms with van der Waals surface area (Å²) >= 11 is 6.13. The smallest absolute Gasteiger partial charge is 0.0408 e. The second-order valence-corrected chi connectivity index (χ2v) is 5.81. The predicted octanol–water partition coefficient (Wildman–Crippen LogP) is 5.25. The predicted molar refractivity (Wildman–Crippen MR) is 86.0 cm³/mol. The lowest BCUT2D eigenvalue weighted by Gasteiger charge is -2.23. The first-order valence-electron chi connectivity index (χ1n) is 7.67. The summed E-state index contributed by atoms with van der Waals surface area (Å²) < 4.78 is 0. The topological polar surface area (TPSA) is 12.0 Å². The Morgan fingerprint density at radius 1 is 1.16 bits per heavy atom. The molecular weight excluding hydrogens is 254 g/mol. The first-order chi connectivity index (χ1) is 9.21. The van der Waals surface area contributed by atoms with Gasteiger partial charge < -0.3 is 5.32 Å². The largest absolute Gasteiger partial charge is 0.316 e. The minimum atomic E-state index is 0.579. The van der Waals surface area contributed by atoms with Crippen molar-refractivity contribution in [1.82, 2.24) is 5.32 Å². The zero-order valence-electron chi connectivity index (χ0n) is 12.6. The fourth-order valence-electron chi connectivity index (χ4n) is 2.58. The van der Waals surface area contributed by atoms with E-state index in [0.717, 1.165) is 24.0 Å². The molecule has 0 saturated heterocycles. The van der Waals surface area contributed by atoms with Crippen LogP contribution in [-0.4, -0.2) is 13.1 Å². The lowest BCUT2D eigenvalue weighted by Crippen LogP contribution is -2.24. The standard InChI is InChI=1S/C17H28ClN/c1-4-10-19-13-16(11-14(5-2)6-3)15-8-7-9-17(18)12-15/h7-9,12,14,16,19H,4-6,10-11,13H2,1-3H3. The van der Waals surface area contributed by atoms with Gasteiger partial charge in [-0.15, -0.1) is 0 Å². The van der Waals surface area contributed by atoms with E-state index in [1.165, 1.54) is 31.2 Å². The Balaban J connectivity index is 2.73. The highest BCUT2D eigenvalue weighted by Gasteiger charge is 2.16. The lowest BCUT2D eigenvalue weighted by atomic mass is 9.86. The maximum atomic E-state index is 6.13. The third kappa shape index (κ3) is 5.97. The van der Waals surface area contributed by atoms with Gasteiger partial charge in [-0.2, -0.15) is 0 Å². The maximum Gasteiger partial charge on any atom is 0.0408 e. The molecule has 0 bridgehead atoms. The van der Waals surface area contributed by atoms with Crippen LogP contribution < -0.4 is 5.32 Å². The minimum Gasteiger partial charge on any atom is -0.316 e. The Morgan fingerprint density at radius 2 is 1.89 bits per heavy atom. The van der Waals surface area contributed by atoms with Crippen LogP contribution in [0, 0.1) is 5.92 Å². The van der Waals surface area contributed by atoms with E-state index in [-0.39, 0.29) is 0 Å². The fraction of sp³-hybridized carbons (Fsp3) is 0.647. The van der Waals surface area contributed by atoms with Crippen LogP contribution in [0.4, 0.5) is 0 Å². The molecule has 2 heteroatoms. The average Bonchev–Trinajstić information content (AvgIpc) is 2.43. The SMILES string of the molecule is CCCNCC(CC(CC)CC)c1cccc(Cl)c1. The molecule has 1 aromatic rings. The van der Waals surface area contributed by atoms with Gasteiger partial charge in [-0.1, -0.05) is 57.3 Å². The summed E-state index contributed by atoms with van der Waals surface area (Å²) in [5.74, 6) is 1.39. The Hall–Kier alpha value is -0.530. The van der Waals surface area contributed by atoms with Crippen molar-refractivity contribution in [2.45, 2.75) is 52.4 Å².